The zero-order valence-electron chi connectivity index (χ0n) is 16.9. The summed E-state index contributed by atoms with van der Waals surface area (Å²) in [5.74, 6) is 0.125. The van der Waals surface area contributed by atoms with Crippen LogP contribution in [0, 0.1) is 10.1 Å². The summed E-state index contributed by atoms with van der Waals surface area (Å²) >= 11 is 0. The molecule has 3 N–H and O–H groups in total. The van der Waals surface area contributed by atoms with Crippen molar-refractivity contribution in [2.24, 2.45) is 0 Å². The Bertz CT molecular complexity index is 926. The van der Waals surface area contributed by atoms with Gasteiger partial charge >= 0.3 is 0 Å². The molecule has 4 rings (SSSR count). The summed E-state index contributed by atoms with van der Waals surface area (Å²) in [6.45, 7) is 3.18. The average Bonchev–Trinajstić information content (AvgIpc) is 3.07. The summed E-state index contributed by atoms with van der Waals surface area (Å²) in [6, 6.07) is 15.1. The molecule has 0 bridgehead atoms. The van der Waals surface area contributed by atoms with Gasteiger partial charge in [0.2, 0.25) is 5.91 Å². The quantitative estimate of drug-likeness (QED) is 0.432. The number of hydrogen-bond donors (Lipinski definition) is 2. The first kappa shape index (κ1) is 20.2. The number of carbonyl (C=O) groups excluding carboxylic acids is 1. The summed E-state index contributed by atoms with van der Waals surface area (Å²) in [4.78, 5) is 27.9. The van der Waals surface area contributed by atoms with Gasteiger partial charge in [-0.15, -0.1) is 0 Å². The van der Waals surface area contributed by atoms with Gasteiger partial charge in [-0.2, -0.15) is 0 Å². The number of nitrogens with zero attached hydrogens (tertiary/aromatic N) is 3. The van der Waals surface area contributed by atoms with E-state index in [9.17, 15) is 14.9 Å². The topological polar surface area (TPSA) is 105 Å². The minimum Gasteiger partial charge on any atom is -0.393 e. The minimum absolute atomic E-state index is 0.0272. The Morgan fingerprint density at radius 1 is 1.13 bits per heavy atom. The number of carbonyl (C=O) groups is 1. The number of nitrogen functional groups attached to an aromatic ring is 1. The standard InChI is InChI=1S/C22H27N5O3/c23-19-9-8-17(15-20(19)27(29)30)5-4-12-25-13-10-22(11-14-25)21(28)24-16-26(22)18-6-2-1-3-7-18/h1-3,6-9,15H,4-5,10-14,16,23H2,(H,24,28). The van der Waals surface area contributed by atoms with Gasteiger partial charge in [-0.3, -0.25) is 14.9 Å². The van der Waals surface area contributed by atoms with Crippen LogP contribution in [0.5, 0.6) is 0 Å². The molecule has 2 aromatic rings. The van der Waals surface area contributed by atoms with Gasteiger partial charge in [0, 0.05) is 24.8 Å². The van der Waals surface area contributed by atoms with Crippen molar-refractivity contribution in [2.75, 3.05) is 36.9 Å². The summed E-state index contributed by atoms with van der Waals surface area (Å²) in [5, 5.41) is 14.1. The Labute approximate surface area is 175 Å². The maximum absolute atomic E-state index is 12.7. The van der Waals surface area contributed by atoms with E-state index in [0.29, 0.717) is 6.67 Å². The van der Waals surface area contributed by atoms with Gasteiger partial charge in [-0.1, -0.05) is 24.3 Å². The first-order chi connectivity index (χ1) is 14.5. The van der Waals surface area contributed by atoms with Gasteiger partial charge < -0.3 is 20.9 Å². The first-order valence-electron chi connectivity index (χ1n) is 10.4. The van der Waals surface area contributed by atoms with Gasteiger partial charge in [0.05, 0.1) is 11.6 Å². The van der Waals surface area contributed by atoms with Gasteiger partial charge in [-0.05, 0) is 56.0 Å². The monoisotopic (exact) mass is 409 g/mol. The molecule has 2 aliphatic rings. The van der Waals surface area contributed by atoms with E-state index < -0.39 is 10.5 Å². The van der Waals surface area contributed by atoms with Crippen molar-refractivity contribution in [3.8, 4) is 0 Å². The number of rotatable bonds is 6. The van der Waals surface area contributed by atoms with Crippen LogP contribution in [0.15, 0.2) is 48.5 Å². The molecule has 0 radical (unpaired) electrons. The van der Waals surface area contributed by atoms with Crippen molar-refractivity contribution in [3.05, 3.63) is 64.2 Å². The lowest BCUT2D eigenvalue weighted by molar-refractivity contribution is -0.384. The highest BCUT2D eigenvalue weighted by molar-refractivity contribution is 5.93. The maximum Gasteiger partial charge on any atom is 0.292 e. The first-order valence-corrected chi connectivity index (χ1v) is 10.4. The molecule has 2 heterocycles. The van der Waals surface area contributed by atoms with Crippen molar-refractivity contribution in [1.82, 2.24) is 10.2 Å². The van der Waals surface area contributed by atoms with Crippen LogP contribution >= 0.6 is 0 Å². The molecule has 0 unspecified atom stereocenters. The van der Waals surface area contributed by atoms with Crippen LogP contribution in [0.1, 0.15) is 24.8 Å². The highest BCUT2D eigenvalue weighted by Gasteiger charge is 2.50. The molecule has 30 heavy (non-hydrogen) atoms. The Balaban J connectivity index is 1.33. The minimum atomic E-state index is -0.463. The second kappa shape index (κ2) is 8.31. The van der Waals surface area contributed by atoms with E-state index in [2.05, 4.69) is 27.2 Å². The summed E-state index contributed by atoms with van der Waals surface area (Å²) in [5.41, 5.74) is 7.38. The highest BCUT2D eigenvalue weighted by Crippen LogP contribution is 2.36. The molecule has 8 nitrogen and oxygen atoms in total. The van der Waals surface area contributed by atoms with Crippen LogP contribution < -0.4 is 16.0 Å². The van der Waals surface area contributed by atoms with Gasteiger partial charge in [-0.25, -0.2) is 0 Å². The van der Waals surface area contributed by atoms with Crippen molar-refractivity contribution >= 4 is 23.0 Å². The van der Waals surface area contributed by atoms with Crippen LogP contribution in [0.25, 0.3) is 0 Å². The van der Waals surface area contributed by atoms with Crippen molar-refractivity contribution in [2.45, 2.75) is 31.2 Å². The Morgan fingerprint density at radius 2 is 1.87 bits per heavy atom. The van der Waals surface area contributed by atoms with E-state index in [1.54, 1.807) is 12.1 Å². The van der Waals surface area contributed by atoms with E-state index in [-0.39, 0.29) is 17.3 Å². The van der Waals surface area contributed by atoms with Crippen molar-refractivity contribution in [3.63, 3.8) is 0 Å². The number of benzene rings is 2. The molecule has 0 aromatic heterocycles. The average molecular weight is 409 g/mol. The fraction of sp³-hybridized carbons (Fsp3) is 0.409. The third kappa shape index (κ3) is 3.82. The number of nitro groups is 1. The van der Waals surface area contributed by atoms with Gasteiger partial charge in [0.25, 0.3) is 5.69 Å². The zero-order valence-corrected chi connectivity index (χ0v) is 16.9. The Kier molecular flexibility index (Phi) is 5.59. The molecule has 2 aliphatic heterocycles. The lowest BCUT2D eigenvalue weighted by atomic mass is 9.85. The molecule has 0 atom stereocenters. The molecule has 0 saturated carbocycles. The van der Waals surface area contributed by atoms with Crippen LogP contribution in [-0.4, -0.2) is 47.6 Å². The fourth-order valence-corrected chi connectivity index (χ4v) is 4.59. The number of hydrogen-bond acceptors (Lipinski definition) is 6. The van der Waals surface area contributed by atoms with Crippen molar-refractivity contribution in [1.29, 1.82) is 0 Å². The Morgan fingerprint density at radius 3 is 2.57 bits per heavy atom. The van der Waals surface area contributed by atoms with Crippen LogP contribution in [0.3, 0.4) is 0 Å². The second-order valence-corrected chi connectivity index (χ2v) is 8.05. The number of anilines is 2. The third-order valence-corrected chi connectivity index (χ3v) is 6.32. The van der Waals surface area contributed by atoms with Crippen LogP contribution in [0.4, 0.5) is 17.1 Å². The Hall–Kier alpha value is -3.13. The molecule has 2 aromatic carbocycles. The van der Waals surface area contributed by atoms with Crippen molar-refractivity contribution < 1.29 is 9.72 Å². The normalized spacial score (nSPS) is 18.5. The predicted molar refractivity (Wildman–Crippen MR) is 116 cm³/mol. The number of aryl methyl sites for hydroxylation is 1. The van der Waals surface area contributed by atoms with E-state index >= 15 is 0 Å². The smallest absolute Gasteiger partial charge is 0.292 e. The molecule has 158 valence electrons. The maximum atomic E-state index is 12.7. The van der Waals surface area contributed by atoms with Crippen LogP contribution in [-0.2, 0) is 11.2 Å². The van der Waals surface area contributed by atoms with E-state index in [1.165, 1.54) is 0 Å². The molecule has 2 fully saturated rings. The molecule has 1 amide bonds. The number of amides is 1. The van der Waals surface area contributed by atoms with E-state index in [1.807, 2.05) is 24.3 Å². The summed E-state index contributed by atoms with van der Waals surface area (Å²) in [7, 11) is 0. The summed E-state index contributed by atoms with van der Waals surface area (Å²) < 4.78 is 0. The number of nitro benzene ring substituents is 1. The number of piperidine rings is 1. The largest absolute Gasteiger partial charge is 0.393 e. The summed E-state index contributed by atoms with van der Waals surface area (Å²) in [6.07, 6.45) is 3.25. The lowest BCUT2D eigenvalue weighted by Crippen LogP contribution is -2.56. The molecular weight excluding hydrogens is 382 g/mol. The number of nitrogens with one attached hydrogen (secondary N) is 1. The number of likely N-dealkylation sites (tertiary alicyclic amines) is 1. The lowest BCUT2D eigenvalue weighted by Gasteiger charge is -2.43. The molecular formula is C22H27N5O3. The fourth-order valence-electron chi connectivity index (χ4n) is 4.59. The number of para-hydroxylation sites is 1. The predicted octanol–water partition coefficient (Wildman–Crippen LogP) is 2.54. The van der Waals surface area contributed by atoms with E-state index in [4.69, 9.17) is 5.73 Å². The number of nitrogens with two attached hydrogens (primary N) is 1. The third-order valence-electron chi connectivity index (χ3n) is 6.32. The zero-order chi connectivity index (χ0) is 21.1. The van der Waals surface area contributed by atoms with Crippen LogP contribution in [0.2, 0.25) is 0 Å². The van der Waals surface area contributed by atoms with E-state index in [0.717, 1.165) is 56.6 Å². The highest BCUT2D eigenvalue weighted by atomic mass is 16.6. The molecule has 0 aliphatic carbocycles. The second-order valence-electron chi connectivity index (χ2n) is 8.05. The van der Waals surface area contributed by atoms with Gasteiger partial charge in [0.15, 0.2) is 0 Å². The molecule has 2 saturated heterocycles. The molecule has 8 heteroatoms. The SMILES string of the molecule is Nc1ccc(CCCN2CCC3(CC2)C(=O)NCN3c2ccccc2)cc1[N+](=O)[O-]. The van der Waals surface area contributed by atoms with Gasteiger partial charge in [0.1, 0.15) is 11.2 Å². The molecule has 1 spiro atoms.